The molecule has 2 aromatic rings. The molecule has 2 heterocycles. The van der Waals surface area contributed by atoms with E-state index in [0.29, 0.717) is 5.41 Å². The monoisotopic (exact) mass is 409 g/mol. The van der Waals surface area contributed by atoms with Gasteiger partial charge in [0.25, 0.3) is 0 Å². The van der Waals surface area contributed by atoms with Gasteiger partial charge in [-0.05, 0) is 62.0 Å². The number of benzene rings is 1. The van der Waals surface area contributed by atoms with E-state index >= 15 is 0 Å². The molecule has 1 spiro atoms. The summed E-state index contributed by atoms with van der Waals surface area (Å²) in [7, 11) is 0. The number of rotatable bonds is 6. The molecule has 0 amide bonds. The Morgan fingerprint density at radius 3 is 2.53 bits per heavy atom. The minimum atomic E-state index is -0.226. The van der Waals surface area contributed by atoms with Crippen molar-refractivity contribution >= 4 is 5.69 Å². The van der Waals surface area contributed by atoms with E-state index < -0.39 is 0 Å². The first-order valence-corrected chi connectivity index (χ1v) is 12.0. The van der Waals surface area contributed by atoms with E-state index in [9.17, 15) is 0 Å². The molecule has 5 N–H and O–H groups in total. The first-order chi connectivity index (χ1) is 14.6. The highest BCUT2D eigenvalue weighted by molar-refractivity contribution is 5.81. The molecule has 3 aliphatic rings. The quantitative estimate of drug-likeness (QED) is 0.622. The maximum Gasteiger partial charge on any atom is 0.120 e. The number of nitrogens with one attached hydrogen (secondary N) is 1. The Morgan fingerprint density at radius 2 is 1.83 bits per heavy atom. The fraction of sp³-hybridized carbons (Fsp3) is 0.640. The van der Waals surface area contributed by atoms with Gasteiger partial charge in [-0.25, -0.2) is 4.98 Å². The SMILES string of the molecule is CC.CCCCc1nc2c(n1CC1CC3(CC(CN)C3)C1)-c1ccccc1NC2N. The smallest absolute Gasteiger partial charge is 0.120 e. The Balaban J connectivity index is 0.00000106. The van der Waals surface area contributed by atoms with Crippen LogP contribution in [0.1, 0.15) is 77.0 Å². The maximum atomic E-state index is 6.45. The highest BCUT2D eigenvalue weighted by Gasteiger charge is 2.52. The Labute approximate surface area is 181 Å². The summed E-state index contributed by atoms with van der Waals surface area (Å²) in [5.41, 5.74) is 17.6. The molecule has 2 fully saturated rings. The van der Waals surface area contributed by atoms with Crippen molar-refractivity contribution in [2.75, 3.05) is 11.9 Å². The van der Waals surface area contributed by atoms with Crippen LogP contribution in [0.4, 0.5) is 5.69 Å². The lowest BCUT2D eigenvalue weighted by Gasteiger charge is -2.58. The molecule has 164 valence electrons. The number of anilines is 1. The van der Waals surface area contributed by atoms with Crippen LogP contribution in [0.5, 0.6) is 0 Å². The number of imidazole rings is 1. The molecule has 1 aromatic carbocycles. The van der Waals surface area contributed by atoms with Crippen molar-refractivity contribution in [3.05, 3.63) is 35.8 Å². The van der Waals surface area contributed by atoms with Gasteiger partial charge in [0.15, 0.2) is 0 Å². The van der Waals surface area contributed by atoms with Crippen LogP contribution in [0.3, 0.4) is 0 Å². The van der Waals surface area contributed by atoms with Gasteiger partial charge in [-0.15, -0.1) is 0 Å². The van der Waals surface area contributed by atoms with Crippen LogP contribution in [0, 0.1) is 17.3 Å². The summed E-state index contributed by atoms with van der Waals surface area (Å²) in [6.45, 7) is 8.19. The second-order valence-electron chi connectivity index (χ2n) is 9.43. The molecule has 2 aliphatic carbocycles. The molecule has 2 saturated carbocycles. The zero-order chi connectivity index (χ0) is 21.3. The van der Waals surface area contributed by atoms with E-state index in [1.54, 1.807) is 0 Å². The standard InChI is InChI=1S/C23H33N5.C2H6/c1-2-3-8-19-27-20-21(17-6-4-5-7-18(17)26-22(20)25)28(19)14-16-11-23(12-16)9-15(10-23)13-24;1-2/h4-7,15-16,22,26H,2-3,8-14,24-25H2,1H3;1-2H3. The van der Waals surface area contributed by atoms with Crippen molar-refractivity contribution in [2.24, 2.45) is 28.7 Å². The van der Waals surface area contributed by atoms with Crippen LogP contribution in [0.15, 0.2) is 24.3 Å². The predicted octanol–water partition coefficient (Wildman–Crippen LogP) is 5.07. The lowest BCUT2D eigenvalue weighted by molar-refractivity contribution is -0.0697. The van der Waals surface area contributed by atoms with Crippen LogP contribution >= 0.6 is 0 Å². The minimum Gasteiger partial charge on any atom is -0.364 e. The van der Waals surface area contributed by atoms with E-state index in [2.05, 4.69) is 41.1 Å². The molecule has 1 aliphatic heterocycles. The van der Waals surface area contributed by atoms with Gasteiger partial charge in [0, 0.05) is 24.2 Å². The van der Waals surface area contributed by atoms with Crippen LogP contribution in [-0.4, -0.2) is 16.1 Å². The fourth-order valence-corrected chi connectivity index (χ4v) is 6.01. The molecule has 1 atom stereocenters. The molecule has 0 bridgehead atoms. The molecule has 5 heteroatoms. The van der Waals surface area contributed by atoms with Gasteiger partial charge in [0.05, 0.1) is 5.69 Å². The average molecular weight is 410 g/mol. The number of nitrogens with two attached hydrogens (primary N) is 2. The third-order valence-corrected chi connectivity index (χ3v) is 7.28. The number of hydrogen-bond donors (Lipinski definition) is 3. The van der Waals surface area contributed by atoms with Crippen molar-refractivity contribution in [1.29, 1.82) is 0 Å². The summed E-state index contributed by atoms with van der Waals surface area (Å²) >= 11 is 0. The lowest BCUT2D eigenvalue weighted by Crippen LogP contribution is -2.50. The van der Waals surface area contributed by atoms with E-state index in [1.807, 2.05) is 13.8 Å². The summed E-state index contributed by atoms with van der Waals surface area (Å²) in [6.07, 6.45) is 8.58. The molecular formula is C25H39N5. The molecule has 0 saturated heterocycles. The van der Waals surface area contributed by atoms with Crippen molar-refractivity contribution < 1.29 is 0 Å². The molecule has 5 nitrogen and oxygen atoms in total. The first kappa shape index (κ1) is 21.4. The Hall–Kier alpha value is -1.85. The minimum absolute atomic E-state index is 0.226. The van der Waals surface area contributed by atoms with Crippen molar-refractivity contribution in [3.8, 4) is 11.3 Å². The van der Waals surface area contributed by atoms with Gasteiger partial charge >= 0.3 is 0 Å². The first-order valence-electron chi connectivity index (χ1n) is 12.0. The number of nitrogens with zero attached hydrogens (tertiary/aromatic N) is 2. The topological polar surface area (TPSA) is 81.9 Å². The second kappa shape index (κ2) is 8.72. The average Bonchev–Trinajstić information content (AvgIpc) is 3.08. The molecule has 1 aromatic heterocycles. The lowest BCUT2D eigenvalue weighted by atomic mass is 9.48. The van der Waals surface area contributed by atoms with E-state index in [-0.39, 0.29) is 6.17 Å². The zero-order valence-corrected chi connectivity index (χ0v) is 19.0. The van der Waals surface area contributed by atoms with Crippen LogP contribution in [-0.2, 0) is 13.0 Å². The van der Waals surface area contributed by atoms with Crippen molar-refractivity contribution in [1.82, 2.24) is 9.55 Å². The maximum absolute atomic E-state index is 6.45. The number of aryl methyl sites for hydroxylation is 1. The van der Waals surface area contributed by atoms with Crippen LogP contribution < -0.4 is 16.8 Å². The van der Waals surface area contributed by atoms with E-state index in [1.165, 1.54) is 55.6 Å². The molecule has 0 radical (unpaired) electrons. The second-order valence-corrected chi connectivity index (χ2v) is 9.43. The predicted molar refractivity (Wildman–Crippen MR) is 125 cm³/mol. The normalized spacial score (nSPS) is 28.4. The third kappa shape index (κ3) is 3.67. The number of fused-ring (bicyclic) bond motifs is 3. The van der Waals surface area contributed by atoms with Crippen molar-refractivity contribution in [2.45, 2.75) is 78.4 Å². The molecule has 5 rings (SSSR count). The van der Waals surface area contributed by atoms with Gasteiger partial charge in [-0.2, -0.15) is 0 Å². The zero-order valence-electron chi connectivity index (χ0n) is 19.0. The van der Waals surface area contributed by atoms with Crippen LogP contribution in [0.2, 0.25) is 0 Å². The van der Waals surface area contributed by atoms with E-state index in [0.717, 1.165) is 42.7 Å². The van der Waals surface area contributed by atoms with E-state index in [4.69, 9.17) is 16.5 Å². The number of para-hydroxylation sites is 1. The number of aromatic nitrogens is 2. The van der Waals surface area contributed by atoms with Gasteiger partial charge in [-0.1, -0.05) is 45.4 Å². The summed E-state index contributed by atoms with van der Waals surface area (Å²) in [5, 5.41) is 3.43. The summed E-state index contributed by atoms with van der Waals surface area (Å²) in [6, 6.07) is 8.52. The summed E-state index contributed by atoms with van der Waals surface area (Å²) in [5.74, 6) is 2.75. The molecule has 30 heavy (non-hydrogen) atoms. The largest absolute Gasteiger partial charge is 0.364 e. The number of unbranched alkanes of at least 4 members (excludes halogenated alkanes) is 1. The third-order valence-electron chi connectivity index (χ3n) is 7.28. The summed E-state index contributed by atoms with van der Waals surface area (Å²) < 4.78 is 2.52. The van der Waals surface area contributed by atoms with Gasteiger partial charge in [-0.3, -0.25) is 0 Å². The van der Waals surface area contributed by atoms with Gasteiger partial charge < -0.3 is 21.4 Å². The van der Waals surface area contributed by atoms with Crippen LogP contribution in [0.25, 0.3) is 11.3 Å². The van der Waals surface area contributed by atoms with Gasteiger partial charge in [0.2, 0.25) is 0 Å². The highest BCUT2D eigenvalue weighted by Crippen LogP contribution is 2.61. The molecular weight excluding hydrogens is 370 g/mol. The van der Waals surface area contributed by atoms with Gasteiger partial charge in [0.1, 0.15) is 17.7 Å². The fourth-order valence-electron chi connectivity index (χ4n) is 6.01. The Kier molecular flexibility index (Phi) is 6.21. The Bertz CT molecular complexity index is 856. The number of hydrogen-bond acceptors (Lipinski definition) is 4. The van der Waals surface area contributed by atoms with Crippen molar-refractivity contribution in [3.63, 3.8) is 0 Å². The summed E-state index contributed by atoms with van der Waals surface area (Å²) in [4.78, 5) is 5.03. The Morgan fingerprint density at radius 1 is 1.13 bits per heavy atom. The highest BCUT2D eigenvalue weighted by atomic mass is 15.2. The molecule has 1 unspecified atom stereocenters.